The predicted octanol–water partition coefficient (Wildman–Crippen LogP) is 1.66. The van der Waals surface area contributed by atoms with Crippen LogP contribution in [-0.2, 0) is 6.54 Å². The van der Waals surface area contributed by atoms with Crippen molar-refractivity contribution >= 4 is 11.8 Å². The normalized spacial score (nSPS) is 10.9. The lowest BCUT2D eigenvalue weighted by Crippen LogP contribution is -2.21. The standard InChI is InChI=1S/C11H18N2OS/c1-9(2)12-7-10-3-4-11(13-8-10)15-6-5-14/h3-4,8-9,12,14H,5-7H2,1-2H3. The number of nitrogens with one attached hydrogen (secondary N) is 1. The number of nitrogens with zero attached hydrogens (tertiary/aromatic N) is 1. The van der Waals surface area contributed by atoms with E-state index in [1.165, 1.54) is 5.56 Å². The fourth-order valence-electron chi connectivity index (χ4n) is 1.07. The second kappa shape index (κ2) is 6.82. The van der Waals surface area contributed by atoms with Crippen LogP contribution in [-0.4, -0.2) is 28.5 Å². The molecular formula is C11H18N2OS. The smallest absolute Gasteiger partial charge is 0.0960 e. The van der Waals surface area contributed by atoms with Crippen molar-refractivity contribution < 1.29 is 5.11 Å². The van der Waals surface area contributed by atoms with Crippen molar-refractivity contribution in [3.05, 3.63) is 23.9 Å². The Hall–Kier alpha value is -0.580. The summed E-state index contributed by atoms with van der Waals surface area (Å²) in [6.45, 7) is 5.30. The van der Waals surface area contributed by atoms with Gasteiger partial charge in [0.1, 0.15) is 0 Å². The molecular weight excluding hydrogens is 208 g/mol. The second-order valence-corrected chi connectivity index (χ2v) is 4.73. The summed E-state index contributed by atoms with van der Waals surface area (Å²) in [5.41, 5.74) is 1.19. The highest BCUT2D eigenvalue weighted by atomic mass is 32.2. The minimum Gasteiger partial charge on any atom is -0.396 e. The first-order chi connectivity index (χ1) is 7.22. The lowest BCUT2D eigenvalue weighted by Gasteiger charge is -2.07. The summed E-state index contributed by atoms with van der Waals surface area (Å²) in [5, 5.41) is 13.0. The highest BCUT2D eigenvalue weighted by Gasteiger charge is 1.97. The highest BCUT2D eigenvalue weighted by molar-refractivity contribution is 7.99. The Kier molecular flexibility index (Phi) is 5.68. The third-order valence-corrected chi connectivity index (χ3v) is 2.78. The molecule has 0 aliphatic heterocycles. The molecule has 15 heavy (non-hydrogen) atoms. The maximum atomic E-state index is 8.67. The van der Waals surface area contributed by atoms with Crippen LogP contribution < -0.4 is 5.32 Å². The minimum absolute atomic E-state index is 0.197. The number of rotatable bonds is 6. The zero-order chi connectivity index (χ0) is 11.1. The lowest BCUT2D eigenvalue weighted by molar-refractivity contribution is 0.322. The van der Waals surface area contributed by atoms with E-state index in [2.05, 4.69) is 30.2 Å². The zero-order valence-corrected chi connectivity index (χ0v) is 10.0. The van der Waals surface area contributed by atoms with E-state index in [9.17, 15) is 0 Å². The number of thioether (sulfide) groups is 1. The molecule has 0 unspecified atom stereocenters. The van der Waals surface area contributed by atoms with Crippen LogP contribution in [0.2, 0.25) is 0 Å². The summed E-state index contributed by atoms with van der Waals surface area (Å²) in [7, 11) is 0. The summed E-state index contributed by atoms with van der Waals surface area (Å²) in [5.74, 6) is 0.705. The summed E-state index contributed by atoms with van der Waals surface area (Å²) in [4.78, 5) is 4.31. The molecule has 0 saturated heterocycles. The van der Waals surface area contributed by atoms with Gasteiger partial charge in [0, 0.05) is 24.5 Å². The average Bonchev–Trinajstić information content (AvgIpc) is 2.25. The molecule has 1 aromatic rings. The van der Waals surface area contributed by atoms with E-state index in [1.54, 1.807) is 11.8 Å². The van der Waals surface area contributed by atoms with E-state index in [0.29, 0.717) is 11.8 Å². The second-order valence-electron chi connectivity index (χ2n) is 3.61. The number of aliphatic hydroxyl groups is 1. The van der Waals surface area contributed by atoms with Gasteiger partial charge in [-0.05, 0) is 11.6 Å². The molecule has 0 radical (unpaired) electrons. The van der Waals surface area contributed by atoms with Gasteiger partial charge in [0.2, 0.25) is 0 Å². The number of pyridine rings is 1. The maximum Gasteiger partial charge on any atom is 0.0960 e. The molecule has 0 amide bonds. The van der Waals surface area contributed by atoms with Crippen molar-refractivity contribution in [2.75, 3.05) is 12.4 Å². The van der Waals surface area contributed by atoms with Crippen molar-refractivity contribution in [3.8, 4) is 0 Å². The average molecular weight is 226 g/mol. The van der Waals surface area contributed by atoms with Crippen LogP contribution in [0.3, 0.4) is 0 Å². The van der Waals surface area contributed by atoms with Crippen LogP contribution >= 0.6 is 11.8 Å². The molecule has 0 aliphatic carbocycles. The van der Waals surface area contributed by atoms with Crippen LogP contribution in [0.25, 0.3) is 0 Å². The van der Waals surface area contributed by atoms with Gasteiger partial charge in [-0.1, -0.05) is 19.9 Å². The van der Waals surface area contributed by atoms with Gasteiger partial charge in [-0.25, -0.2) is 4.98 Å². The zero-order valence-electron chi connectivity index (χ0n) is 9.23. The fourth-order valence-corrected chi connectivity index (χ4v) is 1.66. The van der Waals surface area contributed by atoms with Crippen molar-refractivity contribution in [2.24, 2.45) is 0 Å². The maximum absolute atomic E-state index is 8.67. The molecule has 0 saturated carbocycles. The SMILES string of the molecule is CC(C)NCc1ccc(SCCO)nc1. The molecule has 0 atom stereocenters. The molecule has 0 aromatic carbocycles. The van der Waals surface area contributed by atoms with Gasteiger partial charge >= 0.3 is 0 Å². The Bertz CT molecular complexity index is 274. The van der Waals surface area contributed by atoms with Gasteiger partial charge in [-0.15, -0.1) is 11.8 Å². The van der Waals surface area contributed by atoms with Gasteiger partial charge in [0.05, 0.1) is 11.6 Å². The van der Waals surface area contributed by atoms with Crippen LogP contribution in [0.1, 0.15) is 19.4 Å². The predicted molar refractivity (Wildman–Crippen MR) is 64.0 cm³/mol. The van der Waals surface area contributed by atoms with Crippen molar-refractivity contribution in [1.82, 2.24) is 10.3 Å². The van der Waals surface area contributed by atoms with Gasteiger partial charge < -0.3 is 10.4 Å². The molecule has 0 spiro atoms. The van der Waals surface area contributed by atoms with E-state index in [0.717, 1.165) is 11.6 Å². The molecule has 1 rings (SSSR count). The third-order valence-electron chi connectivity index (χ3n) is 1.85. The molecule has 0 fully saturated rings. The summed E-state index contributed by atoms with van der Waals surface area (Å²) >= 11 is 1.57. The van der Waals surface area contributed by atoms with Gasteiger partial charge in [0.25, 0.3) is 0 Å². The van der Waals surface area contributed by atoms with E-state index >= 15 is 0 Å². The number of aromatic nitrogens is 1. The number of aliphatic hydroxyl groups excluding tert-OH is 1. The monoisotopic (exact) mass is 226 g/mol. The third kappa shape index (κ3) is 5.16. The van der Waals surface area contributed by atoms with E-state index in [1.807, 2.05) is 12.3 Å². The summed E-state index contributed by atoms with van der Waals surface area (Å²) in [6, 6.07) is 4.56. The van der Waals surface area contributed by atoms with E-state index in [-0.39, 0.29) is 6.61 Å². The largest absolute Gasteiger partial charge is 0.396 e. The minimum atomic E-state index is 0.197. The first kappa shape index (κ1) is 12.5. The number of hydrogen-bond donors (Lipinski definition) is 2. The Labute approximate surface area is 95.3 Å². The molecule has 3 nitrogen and oxygen atoms in total. The van der Waals surface area contributed by atoms with Gasteiger partial charge in [-0.3, -0.25) is 0 Å². The first-order valence-corrected chi connectivity index (χ1v) is 6.13. The molecule has 1 heterocycles. The van der Waals surface area contributed by atoms with Crippen molar-refractivity contribution in [2.45, 2.75) is 31.5 Å². The molecule has 4 heteroatoms. The van der Waals surface area contributed by atoms with Crippen molar-refractivity contribution in [3.63, 3.8) is 0 Å². The summed E-state index contributed by atoms with van der Waals surface area (Å²) < 4.78 is 0. The molecule has 0 aliphatic rings. The van der Waals surface area contributed by atoms with Crippen LogP contribution in [0.4, 0.5) is 0 Å². The fraction of sp³-hybridized carbons (Fsp3) is 0.545. The van der Waals surface area contributed by atoms with Crippen LogP contribution in [0, 0.1) is 0 Å². The molecule has 1 aromatic heterocycles. The Morgan fingerprint density at radius 2 is 2.27 bits per heavy atom. The number of hydrogen-bond acceptors (Lipinski definition) is 4. The Morgan fingerprint density at radius 3 is 2.80 bits per heavy atom. The molecule has 0 bridgehead atoms. The van der Waals surface area contributed by atoms with Crippen LogP contribution in [0.5, 0.6) is 0 Å². The summed E-state index contributed by atoms with van der Waals surface area (Å²) in [6.07, 6.45) is 1.88. The van der Waals surface area contributed by atoms with Crippen LogP contribution in [0.15, 0.2) is 23.4 Å². The van der Waals surface area contributed by atoms with Gasteiger partial charge in [0.15, 0.2) is 0 Å². The first-order valence-electron chi connectivity index (χ1n) is 5.14. The van der Waals surface area contributed by atoms with Gasteiger partial charge in [-0.2, -0.15) is 0 Å². The topological polar surface area (TPSA) is 45.1 Å². The highest BCUT2D eigenvalue weighted by Crippen LogP contribution is 2.14. The molecule has 2 N–H and O–H groups in total. The van der Waals surface area contributed by atoms with E-state index in [4.69, 9.17) is 5.11 Å². The lowest BCUT2D eigenvalue weighted by atomic mass is 10.2. The Morgan fingerprint density at radius 1 is 1.47 bits per heavy atom. The molecule has 84 valence electrons. The van der Waals surface area contributed by atoms with Crippen molar-refractivity contribution in [1.29, 1.82) is 0 Å². The quantitative estimate of drug-likeness (QED) is 0.724. The van der Waals surface area contributed by atoms with E-state index < -0.39 is 0 Å². The Balaban J connectivity index is 2.41.